The van der Waals surface area contributed by atoms with Crippen LogP contribution in [0, 0.1) is 0 Å². The van der Waals surface area contributed by atoms with E-state index in [9.17, 15) is 9.90 Å². The zero-order valence-corrected chi connectivity index (χ0v) is 13.7. The number of nitrogens with one attached hydrogen (secondary N) is 1. The number of aliphatic hydroxyl groups is 1. The number of nitrogens with zero attached hydrogens (tertiary/aromatic N) is 1. The van der Waals surface area contributed by atoms with Gasteiger partial charge in [0.05, 0.1) is 24.9 Å². The Hall–Kier alpha value is -1.30. The topological polar surface area (TPSA) is 61.8 Å². The fourth-order valence-corrected chi connectivity index (χ4v) is 2.17. The highest BCUT2D eigenvalue weighted by Crippen LogP contribution is 2.27. The van der Waals surface area contributed by atoms with E-state index in [1.165, 1.54) is 7.11 Å². The molecule has 1 aromatic rings. The number of amides is 1. The van der Waals surface area contributed by atoms with Gasteiger partial charge in [-0.2, -0.15) is 0 Å². The summed E-state index contributed by atoms with van der Waals surface area (Å²) in [6.07, 6.45) is 0. The summed E-state index contributed by atoms with van der Waals surface area (Å²) in [7, 11) is 1.53. The lowest BCUT2D eigenvalue weighted by Crippen LogP contribution is -2.42. The van der Waals surface area contributed by atoms with E-state index in [2.05, 4.69) is 5.32 Å². The first kappa shape index (κ1) is 17.8. The fourth-order valence-electron chi connectivity index (χ4n) is 2.00. The predicted octanol–water partition coefficient (Wildman–Crippen LogP) is 2.38. The number of carbonyl (C=O) groups excluding carboxylic acids is 1. The highest BCUT2D eigenvalue weighted by molar-refractivity contribution is 6.31. The summed E-state index contributed by atoms with van der Waals surface area (Å²) in [5.41, 5.74) is -0.307. The average molecular weight is 315 g/mol. The van der Waals surface area contributed by atoms with E-state index in [1.54, 1.807) is 32.0 Å². The van der Waals surface area contributed by atoms with Crippen LogP contribution in [0.25, 0.3) is 0 Å². The minimum atomic E-state index is -0.843. The van der Waals surface area contributed by atoms with Gasteiger partial charge in [-0.3, -0.25) is 9.69 Å². The molecule has 0 saturated carbocycles. The summed E-state index contributed by atoms with van der Waals surface area (Å²) in [6.45, 7) is 6.66. The van der Waals surface area contributed by atoms with E-state index in [1.807, 2.05) is 11.8 Å². The maximum Gasteiger partial charge on any atom is 0.238 e. The number of rotatable bonds is 7. The van der Waals surface area contributed by atoms with Crippen molar-refractivity contribution >= 4 is 23.2 Å². The molecule has 2 N–H and O–H groups in total. The van der Waals surface area contributed by atoms with Gasteiger partial charge in [0, 0.05) is 11.6 Å². The molecule has 0 aliphatic heterocycles. The van der Waals surface area contributed by atoms with Crippen molar-refractivity contribution in [3.63, 3.8) is 0 Å². The molecule has 0 aliphatic rings. The maximum atomic E-state index is 12.1. The van der Waals surface area contributed by atoms with Gasteiger partial charge in [0.25, 0.3) is 0 Å². The molecule has 0 saturated heterocycles. The third kappa shape index (κ3) is 6.33. The van der Waals surface area contributed by atoms with Crippen LogP contribution in [0.15, 0.2) is 18.2 Å². The summed E-state index contributed by atoms with van der Waals surface area (Å²) in [5.74, 6) is 0.375. The Morgan fingerprint density at radius 1 is 1.48 bits per heavy atom. The van der Waals surface area contributed by atoms with Crippen LogP contribution in [-0.2, 0) is 4.79 Å². The summed E-state index contributed by atoms with van der Waals surface area (Å²) in [4.78, 5) is 14.0. The summed E-state index contributed by atoms with van der Waals surface area (Å²) >= 11 is 5.93. The Labute approximate surface area is 130 Å². The second-order valence-corrected chi connectivity index (χ2v) is 5.94. The Morgan fingerprint density at radius 3 is 2.67 bits per heavy atom. The number of carbonyl (C=O) groups is 1. The molecule has 1 amide bonds. The van der Waals surface area contributed by atoms with Crippen LogP contribution >= 0.6 is 11.6 Å². The van der Waals surface area contributed by atoms with Crippen molar-refractivity contribution in [1.82, 2.24) is 4.90 Å². The summed E-state index contributed by atoms with van der Waals surface area (Å²) in [5, 5.41) is 13.1. The number of hydrogen-bond donors (Lipinski definition) is 2. The van der Waals surface area contributed by atoms with Crippen LogP contribution in [-0.4, -0.2) is 48.3 Å². The molecule has 0 unspecified atom stereocenters. The minimum absolute atomic E-state index is 0.179. The number of hydrogen-bond acceptors (Lipinski definition) is 4. The van der Waals surface area contributed by atoms with E-state index in [4.69, 9.17) is 16.3 Å². The molecule has 6 heteroatoms. The van der Waals surface area contributed by atoms with Crippen molar-refractivity contribution in [3.8, 4) is 5.75 Å². The number of benzene rings is 1. The van der Waals surface area contributed by atoms with Crippen LogP contribution in [0.4, 0.5) is 5.69 Å². The van der Waals surface area contributed by atoms with Gasteiger partial charge in [0.1, 0.15) is 5.75 Å². The van der Waals surface area contributed by atoms with Crippen molar-refractivity contribution in [2.45, 2.75) is 26.4 Å². The Bertz CT molecular complexity index is 486. The van der Waals surface area contributed by atoms with Gasteiger partial charge in [0.15, 0.2) is 0 Å². The second-order valence-electron chi connectivity index (χ2n) is 5.51. The average Bonchev–Trinajstić information content (AvgIpc) is 2.36. The van der Waals surface area contributed by atoms with Gasteiger partial charge in [-0.25, -0.2) is 0 Å². The third-order valence-electron chi connectivity index (χ3n) is 2.86. The fraction of sp³-hybridized carbons (Fsp3) is 0.533. The number of anilines is 1. The first-order chi connectivity index (χ1) is 9.75. The lowest BCUT2D eigenvalue weighted by Gasteiger charge is -2.27. The highest BCUT2D eigenvalue weighted by atomic mass is 35.5. The molecule has 118 valence electrons. The van der Waals surface area contributed by atoms with Gasteiger partial charge in [-0.1, -0.05) is 18.5 Å². The highest BCUT2D eigenvalue weighted by Gasteiger charge is 2.19. The number of ether oxygens (including phenoxy) is 1. The molecule has 0 fully saturated rings. The molecule has 1 rings (SSSR count). The van der Waals surface area contributed by atoms with E-state index >= 15 is 0 Å². The molecule has 0 heterocycles. The molecule has 0 bridgehead atoms. The second kappa shape index (κ2) is 7.64. The van der Waals surface area contributed by atoms with Crippen LogP contribution < -0.4 is 10.1 Å². The van der Waals surface area contributed by atoms with Gasteiger partial charge in [-0.05, 0) is 38.6 Å². The largest absolute Gasteiger partial charge is 0.495 e. The molecular formula is C15H23ClN2O3. The van der Waals surface area contributed by atoms with E-state index in [0.29, 0.717) is 29.5 Å². The van der Waals surface area contributed by atoms with Crippen LogP contribution in [0.2, 0.25) is 5.02 Å². The van der Waals surface area contributed by atoms with Gasteiger partial charge < -0.3 is 15.2 Å². The zero-order chi connectivity index (χ0) is 16.0. The smallest absolute Gasteiger partial charge is 0.238 e. The van der Waals surface area contributed by atoms with Gasteiger partial charge >= 0.3 is 0 Å². The van der Waals surface area contributed by atoms with E-state index < -0.39 is 5.60 Å². The molecule has 5 nitrogen and oxygen atoms in total. The van der Waals surface area contributed by atoms with Crippen molar-refractivity contribution < 1.29 is 14.6 Å². The monoisotopic (exact) mass is 314 g/mol. The molecule has 0 aliphatic carbocycles. The molecule has 0 atom stereocenters. The quantitative estimate of drug-likeness (QED) is 0.811. The lowest BCUT2D eigenvalue weighted by atomic mass is 10.1. The molecule has 0 aromatic heterocycles. The van der Waals surface area contributed by atoms with Crippen LogP contribution in [0.3, 0.4) is 0 Å². The summed E-state index contributed by atoms with van der Waals surface area (Å²) < 4.78 is 5.19. The number of methoxy groups -OCH3 is 1. The van der Waals surface area contributed by atoms with Crippen LogP contribution in [0.5, 0.6) is 5.75 Å². The Morgan fingerprint density at radius 2 is 2.14 bits per heavy atom. The third-order valence-corrected chi connectivity index (χ3v) is 3.10. The Kier molecular flexibility index (Phi) is 6.45. The lowest BCUT2D eigenvalue weighted by molar-refractivity contribution is -0.117. The molecule has 21 heavy (non-hydrogen) atoms. The van der Waals surface area contributed by atoms with Crippen molar-refractivity contribution in [1.29, 1.82) is 0 Å². The standard InChI is InChI=1S/C15H23ClN2O3/c1-5-18(10-15(2,3)20)9-14(19)17-12-8-11(16)6-7-13(12)21-4/h6-8,20H,5,9-10H2,1-4H3,(H,17,19). The molecule has 1 aromatic carbocycles. The van der Waals surface area contributed by atoms with Gasteiger partial charge in [-0.15, -0.1) is 0 Å². The number of likely N-dealkylation sites (N-methyl/N-ethyl adjacent to an activating group) is 1. The first-order valence-corrected chi connectivity index (χ1v) is 7.21. The van der Waals surface area contributed by atoms with Crippen molar-refractivity contribution in [3.05, 3.63) is 23.2 Å². The zero-order valence-electron chi connectivity index (χ0n) is 12.9. The molecule has 0 spiro atoms. The van der Waals surface area contributed by atoms with E-state index in [-0.39, 0.29) is 12.5 Å². The van der Waals surface area contributed by atoms with Gasteiger partial charge in [0.2, 0.25) is 5.91 Å². The Balaban J connectivity index is 2.70. The SMILES string of the molecule is CCN(CC(=O)Nc1cc(Cl)ccc1OC)CC(C)(C)O. The predicted molar refractivity (Wildman–Crippen MR) is 85.0 cm³/mol. The van der Waals surface area contributed by atoms with Crippen LogP contribution in [0.1, 0.15) is 20.8 Å². The van der Waals surface area contributed by atoms with Crippen molar-refractivity contribution in [2.75, 3.05) is 32.1 Å². The molecule has 0 radical (unpaired) electrons. The van der Waals surface area contributed by atoms with E-state index in [0.717, 1.165) is 0 Å². The number of halogens is 1. The van der Waals surface area contributed by atoms with Crippen molar-refractivity contribution in [2.24, 2.45) is 0 Å². The maximum absolute atomic E-state index is 12.1. The first-order valence-electron chi connectivity index (χ1n) is 6.83. The molecular weight excluding hydrogens is 292 g/mol. The minimum Gasteiger partial charge on any atom is -0.495 e. The summed E-state index contributed by atoms with van der Waals surface area (Å²) in [6, 6.07) is 5.04. The normalized spacial score (nSPS) is 11.6.